The standard InChI is InChI=1S/C10H16N2O4S/c1-12(17(11,13)14)7-8-16-10-5-3-9(15-2)4-6-10/h3-6H,7-8H2,1-2H3,(H2,11,13,14). The Bertz CT molecular complexity index is 444. The maximum Gasteiger partial charge on any atom is 0.276 e. The van der Waals surface area contributed by atoms with Crippen LogP contribution >= 0.6 is 0 Å². The molecule has 0 aliphatic heterocycles. The summed E-state index contributed by atoms with van der Waals surface area (Å²) in [6.45, 7) is 0.435. The third kappa shape index (κ3) is 4.59. The largest absolute Gasteiger partial charge is 0.497 e. The predicted molar refractivity (Wildman–Crippen MR) is 64.2 cm³/mol. The minimum Gasteiger partial charge on any atom is -0.497 e. The molecule has 96 valence electrons. The first-order valence-electron chi connectivity index (χ1n) is 4.94. The minimum absolute atomic E-state index is 0.199. The van der Waals surface area contributed by atoms with Crippen LogP contribution in [0.15, 0.2) is 24.3 Å². The molecule has 0 spiro atoms. The summed E-state index contributed by atoms with van der Waals surface area (Å²) in [7, 11) is -0.659. The molecule has 0 fully saturated rings. The summed E-state index contributed by atoms with van der Waals surface area (Å²) < 4.78 is 33.2. The van der Waals surface area contributed by atoms with Crippen molar-refractivity contribution in [3.05, 3.63) is 24.3 Å². The Hall–Kier alpha value is -1.31. The van der Waals surface area contributed by atoms with E-state index in [9.17, 15) is 8.42 Å². The first-order valence-corrected chi connectivity index (χ1v) is 6.44. The second-order valence-corrected chi connectivity index (χ2v) is 5.04. The molecule has 17 heavy (non-hydrogen) atoms. The molecular formula is C10H16N2O4S. The molecule has 0 saturated heterocycles. The summed E-state index contributed by atoms with van der Waals surface area (Å²) in [5, 5.41) is 4.92. The number of nitrogens with zero attached hydrogens (tertiary/aromatic N) is 1. The van der Waals surface area contributed by atoms with E-state index >= 15 is 0 Å². The minimum atomic E-state index is -3.63. The van der Waals surface area contributed by atoms with Gasteiger partial charge in [-0.1, -0.05) is 0 Å². The SMILES string of the molecule is COc1ccc(OCCN(C)S(N)(=O)=O)cc1. The molecule has 0 aromatic heterocycles. The van der Waals surface area contributed by atoms with Gasteiger partial charge >= 0.3 is 0 Å². The molecule has 0 atom stereocenters. The van der Waals surface area contributed by atoms with Crippen LogP contribution in [-0.2, 0) is 10.2 Å². The van der Waals surface area contributed by atoms with Gasteiger partial charge in [-0.25, -0.2) is 5.14 Å². The molecular weight excluding hydrogens is 244 g/mol. The van der Waals surface area contributed by atoms with Crippen LogP contribution < -0.4 is 14.6 Å². The number of likely N-dealkylation sites (N-methyl/N-ethyl adjacent to an activating group) is 1. The van der Waals surface area contributed by atoms with Crippen LogP contribution in [0.5, 0.6) is 11.5 Å². The lowest BCUT2D eigenvalue weighted by molar-refractivity contribution is 0.286. The molecule has 0 radical (unpaired) electrons. The number of hydrogen-bond acceptors (Lipinski definition) is 4. The Morgan fingerprint density at radius 3 is 2.24 bits per heavy atom. The first kappa shape index (κ1) is 13.8. The van der Waals surface area contributed by atoms with Crippen LogP contribution in [0, 0.1) is 0 Å². The molecule has 0 unspecified atom stereocenters. The van der Waals surface area contributed by atoms with Crippen molar-refractivity contribution >= 4 is 10.2 Å². The summed E-state index contributed by atoms with van der Waals surface area (Å²) in [5.74, 6) is 1.38. The van der Waals surface area contributed by atoms with Gasteiger partial charge in [0, 0.05) is 13.6 Å². The fourth-order valence-corrected chi connectivity index (χ4v) is 1.42. The number of methoxy groups -OCH3 is 1. The van der Waals surface area contributed by atoms with E-state index < -0.39 is 10.2 Å². The van der Waals surface area contributed by atoms with Crippen LogP contribution in [-0.4, -0.2) is 40.0 Å². The van der Waals surface area contributed by atoms with E-state index in [2.05, 4.69) is 0 Å². The van der Waals surface area contributed by atoms with Gasteiger partial charge < -0.3 is 9.47 Å². The molecule has 0 aliphatic carbocycles. The zero-order chi connectivity index (χ0) is 12.9. The molecule has 7 heteroatoms. The Labute approximate surface area is 101 Å². The second kappa shape index (κ2) is 5.85. The summed E-state index contributed by atoms with van der Waals surface area (Å²) in [5.41, 5.74) is 0. The van der Waals surface area contributed by atoms with Crippen molar-refractivity contribution < 1.29 is 17.9 Å². The molecule has 0 saturated carbocycles. The van der Waals surface area contributed by atoms with E-state index in [-0.39, 0.29) is 13.2 Å². The number of nitrogens with two attached hydrogens (primary N) is 1. The van der Waals surface area contributed by atoms with Crippen LogP contribution in [0.3, 0.4) is 0 Å². The zero-order valence-corrected chi connectivity index (χ0v) is 10.6. The maximum atomic E-state index is 10.9. The molecule has 0 bridgehead atoms. The average Bonchev–Trinajstić information content (AvgIpc) is 2.28. The third-order valence-electron chi connectivity index (χ3n) is 2.17. The van der Waals surface area contributed by atoms with Crippen molar-refractivity contribution in [2.75, 3.05) is 27.3 Å². The van der Waals surface area contributed by atoms with Crippen molar-refractivity contribution in [2.45, 2.75) is 0 Å². The van der Waals surface area contributed by atoms with E-state index in [1.807, 2.05) is 0 Å². The maximum absolute atomic E-state index is 10.9. The third-order valence-corrected chi connectivity index (χ3v) is 3.22. The monoisotopic (exact) mass is 260 g/mol. The van der Waals surface area contributed by atoms with Gasteiger partial charge in [0.05, 0.1) is 7.11 Å². The summed E-state index contributed by atoms with van der Waals surface area (Å²) in [4.78, 5) is 0. The van der Waals surface area contributed by atoms with Gasteiger partial charge in [-0.3, -0.25) is 0 Å². The van der Waals surface area contributed by atoms with E-state index in [0.717, 1.165) is 10.1 Å². The highest BCUT2D eigenvalue weighted by atomic mass is 32.2. The fourth-order valence-electron chi connectivity index (χ4n) is 1.09. The van der Waals surface area contributed by atoms with Crippen molar-refractivity contribution in [1.82, 2.24) is 4.31 Å². The lowest BCUT2D eigenvalue weighted by Crippen LogP contribution is -2.36. The molecule has 0 aliphatic rings. The summed E-state index contributed by atoms with van der Waals surface area (Å²) >= 11 is 0. The van der Waals surface area contributed by atoms with Crippen LogP contribution in [0.2, 0.25) is 0 Å². The van der Waals surface area contributed by atoms with Gasteiger partial charge in [0.25, 0.3) is 10.2 Å². The average molecular weight is 260 g/mol. The smallest absolute Gasteiger partial charge is 0.276 e. The Morgan fingerprint density at radius 2 is 1.76 bits per heavy atom. The van der Waals surface area contributed by atoms with Crippen molar-refractivity contribution in [2.24, 2.45) is 5.14 Å². The highest BCUT2D eigenvalue weighted by molar-refractivity contribution is 7.86. The van der Waals surface area contributed by atoms with Crippen LogP contribution in [0.4, 0.5) is 0 Å². The van der Waals surface area contributed by atoms with Gasteiger partial charge in [-0.2, -0.15) is 12.7 Å². The number of benzene rings is 1. The van der Waals surface area contributed by atoms with Gasteiger partial charge in [0.15, 0.2) is 0 Å². The van der Waals surface area contributed by atoms with E-state index in [0.29, 0.717) is 5.75 Å². The highest BCUT2D eigenvalue weighted by Gasteiger charge is 2.10. The molecule has 2 N–H and O–H groups in total. The van der Waals surface area contributed by atoms with Crippen molar-refractivity contribution in [1.29, 1.82) is 0 Å². The normalized spacial score (nSPS) is 11.5. The number of hydrogen-bond donors (Lipinski definition) is 1. The molecule has 0 heterocycles. The quantitative estimate of drug-likeness (QED) is 0.792. The topological polar surface area (TPSA) is 81.9 Å². The molecule has 0 amide bonds. The number of rotatable bonds is 6. The van der Waals surface area contributed by atoms with Crippen molar-refractivity contribution in [3.63, 3.8) is 0 Å². The molecule has 6 nitrogen and oxygen atoms in total. The summed E-state index contributed by atoms with van der Waals surface area (Å²) in [6.07, 6.45) is 0. The van der Waals surface area contributed by atoms with Crippen LogP contribution in [0.25, 0.3) is 0 Å². The zero-order valence-electron chi connectivity index (χ0n) is 9.79. The van der Waals surface area contributed by atoms with Gasteiger partial charge in [-0.15, -0.1) is 0 Å². The van der Waals surface area contributed by atoms with E-state index in [1.54, 1.807) is 31.4 Å². The van der Waals surface area contributed by atoms with Crippen LogP contribution in [0.1, 0.15) is 0 Å². The Balaban J connectivity index is 2.41. The van der Waals surface area contributed by atoms with Gasteiger partial charge in [-0.05, 0) is 24.3 Å². The van der Waals surface area contributed by atoms with E-state index in [4.69, 9.17) is 14.6 Å². The Morgan fingerprint density at radius 1 is 1.24 bits per heavy atom. The predicted octanol–water partition coefficient (Wildman–Crippen LogP) is 0.209. The summed E-state index contributed by atoms with van der Waals surface area (Å²) in [6, 6.07) is 7.02. The molecule has 1 aromatic carbocycles. The highest BCUT2D eigenvalue weighted by Crippen LogP contribution is 2.16. The molecule has 1 aromatic rings. The lowest BCUT2D eigenvalue weighted by Gasteiger charge is -2.14. The second-order valence-electron chi connectivity index (χ2n) is 3.39. The number of ether oxygens (including phenoxy) is 2. The molecule has 1 rings (SSSR count). The van der Waals surface area contributed by atoms with Gasteiger partial charge in [0.2, 0.25) is 0 Å². The van der Waals surface area contributed by atoms with Crippen molar-refractivity contribution in [3.8, 4) is 11.5 Å². The van der Waals surface area contributed by atoms with Gasteiger partial charge in [0.1, 0.15) is 18.1 Å². The lowest BCUT2D eigenvalue weighted by atomic mass is 10.3. The fraction of sp³-hybridized carbons (Fsp3) is 0.400. The first-order chi connectivity index (χ1) is 7.93. The van der Waals surface area contributed by atoms with E-state index in [1.165, 1.54) is 7.05 Å². The Kier molecular flexibility index (Phi) is 4.73.